The number of ether oxygens (including phenoxy) is 1. The van der Waals surface area contributed by atoms with Gasteiger partial charge in [-0.1, -0.05) is 6.07 Å². The van der Waals surface area contributed by atoms with Crippen LogP contribution >= 0.6 is 27.7 Å². The van der Waals surface area contributed by atoms with Gasteiger partial charge in [-0.05, 0) is 40.2 Å². The van der Waals surface area contributed by atoms with Gasteiger partial charge in [-0.2, -0.15) is 0 Å². The van der Waals surface area contributed by atoms with E-state index in [1.165, 1.54) is 22.2 Å². The minimum Gasteiger partial charge on any atom is -0.497 e. The molecule has 1 amide bonds. The lowest BCUT2D eigenvalue weighted by Gasteiger charge is -2.07. The van der Waals surface area contributed by atoms with E-state index in [0.717, 1.165) is 4.47 Å². The Hall–Kier alpha value is -2.32. The van der Waals surface area contributed by atoms with Crippen molar-refractivity contribution in [3.63, 3.8) is 0 Å². The van der Waals surface area contributed by atoms with Crippen molar-refractivity contribution in [1.29, 1.82) is 0 Å². The summed E-state index contributed by atoms with van der Waals surface area (Å²) in [5.41, 5.74) is 1.77. The van der Waals surface area contributed by atoms with Crippen molar-refractivity contribution in [3.05, 3.63) is 69.2 Å². The molecule has 3 aromatic rings. The number of nitrogens with one attached hydrogen (secondary N) is 1. The fourth-order valence-electron chi connectivity index (χ4n) is 2.35. The van der Waals surface area contributed by atoms with Crippen LogP contribution < -0.4 is 15.6 Å². The van der Waals surface area contributed by atoms with E-state index in [1.54, 1.807) is 31.5 Å². The van der Waals surface area contributed by atoms with E-state index in [9.17, 15) is 9.59 Å². The minimum atomic E-state index is -0.146. The van der Waals surface area contributed by atoms with Gasteiger partial charge in [0, 0.05) is 34.2 Å². The first-order valence-corrected chi connectivity index (χ1v) is 9.69. The number of benzene rings is 1. The standard InChI is InChI=1S/C18H16BrN3O3S/c1-25-15-4-2-3-13(7-15)21-17(23)11-26-10-14-8-18(24)22-9-12(19)5-6-16(22)20-14/h2-9H,10-11H2,1H3,(H,21,23). The van der Waals surface area contributed by atoms with E-state index in [4.69, 9.17) is 4.74 Å². The molecule has 0 atom stereocenters. The summed E-state index contributed by atoms with van der Waals surface area (Å²) in [5, 5.41) is 2.82. The van der Waals surface area contributed by atoms with Crippen LogP contribution in [0.15, 0.2) is 57.9 Å². The van der Waals surface area contributed by atoms with Crippen LogP contribution in [0.3, 0.4) is 0 Å². The first-order chi connectivity index (χ1) is 12.5. The average Bonchev–Trinajstić information content (AvgIpc) is 2.62. The smallest absolute Gasteiger partial charge is 0.258 e. The molecule has 134 valence electrons. The number of hydrogen-bond donors (Lipinski definition) is 1. The van der Waals surface area contributed by atoms with Gasteiger partial charge in [0.2, 0.25) is 5.91 Å². The molecule has 0 fully saturated rings. The summed E-state index contributed by atoms with van der Waals surface area (Å²) in [6.07, 6.45) is 1.68. The van der Waals surface area contributed by atoms with Crippen molar-refractivity contribution in [3.8, 4) is 5.75 Å². The van der Waals surface area contributed by atoms with E-state index in [-0.39, 0.29) is 17.2 Å². The fourth-order valence-corrected chi connectivity index (χ4v) is 3.40. The number of hydrogen-bond acceptors (Lipinski definition) is 5. The van der Waals surface area contributed by atoms with Crippen LogP contribution in [-0.4, -0.2) is 28.2 Å². The Kier molecular flexibility index (Phi) is 5.95. The number of pyridine rings is 1. The van der Waals surface area contributed by atoms with Gasteiger partial charge in [0.15, 0.2) is 0 Å². The molecule has 6 nitrogen and oxygen atoms in total. The number of amides is 1. The Bertz CT molecular complexity index is 1010. The molecule has 0 saturated heterocycles. The van der Waals surface area contributed by atoms with Crippen molar-refractivity contribution in [1.82, 2.24) is 9.38 Å². The van der Waals surface area contributed by atoms with E-state index >= 15 is 0 Å². The summed E-state index contributed by atoms with van der Waals surface area (Å²) in [5.74, 6) is 1.30. The quantitative estimate of drug-likeness (QED) is 0.645. The van der Waals surface area contributed by atoms with Gasteiger partial charge in [-0.15, -0.1) is 11.8 Å². The number of anilines is 1. The average molecular weight is 434 g/mol. The first kappa shape index (κ1) is 18.5. The van der Waals surface area contributed by atoms with Gasteiger partial charge in [0.05, 0.1) is 18.6 Å². The second-order valence-corrected chi connectivity index (χ2v) is 7.34. The van der Waals surface area contributed by atoms with Crippen LogP contribution in [0.4, 0.5) is 5.69 Å². The monoisotopic (exact) mass is 433 g/mol. The van der Waals surface area contributed by atoms with Crippen LogP contribution in [0.2, 0.25) is 0 Å². The lowest BCUT2D eigenvalue weighted by Crippen LogP contribution is -2.16. The van der Waals surface area contributed by atoms with Crippen molar-refractivity contribution in [2.24, 2.45) is 0 Å². The van der Waals surface area contributed by atoms with E-state index < -0.39 is 0 Å². The number of aromatic nitrogens is 2. The molecule has 2 heterocycles. The third-order valence-electron chi connectivity index (χ3n) is 3.51. The van der Waals surface area contributed by atoms with Gasteiger partial charge >= 0.3 is 0 Å². The third-order valence-corrected chi connectivity index (χ3v) is 4.95. The number of carbonyl (C=O) groups excluding carboxylic acids is 1. The number of halogens is 1. The number of methoxy groups -OCH3 is 1. The van der Waals surface area contributed by atoms with E-state index in [1.807, 2.05) is 18.2 Å². The van der Waals surface area contributed by atoms with E-state index in [0.29, 0.717) is 28.5 Å². The Morgan fingerprint density at radius 2 is 2.15 bits per heavy atom. The number of rotatable bonds is 6. The molecule has 0 unspecified atom stereocenters. The maximum absolute atomic E-state index is 12.2. The number of nitrogens with zero attached hydrogens (tertiary/aromatic N) is 2. The second kappa shape index (κ2) is 8.37. The normalized spacial score (nSPS) is 10.7. The Morgan fingerprint density at radius 1 is 1.31 bits per heavy atom. The van der Waals surface area contributed by atoms with Crippen LogP contribution in [0.1, 0.15) is 5.69 Å². The van der Waals surface area contributed by atoms with Crippen molar-refractivity contribution >= 4 is 44.9 Å². The lowest BCUT2D eigenvalue weighted by molar-refractivity contribution is -0.113. The molecule has 0 radical (unpaired) electrons. The van der Waals surface area contributed by atoms with Crippen LogP contribution in [0.25, 0.3) is 5.65 Å². The molecule has 0 aliphatic rings. The van der Waals surface area contributed by atoms with Gasteiger partial charge in [0.25, 0.3) is 5.56 Å². The molecular weight excluding hydrogens is 418 g/mol. The van der Waals surface area contributed by atoms with Crippen molar-refractivity contribution < 1.29 is 9.53 Å². The summed E-state index contributed by atoms with van der Waals surface area (Å²) >= 11 is 4.74. The van der Waals surface area contributed by atoms with Gasteiger partial charge in [-0.3, -0.25) is 14.0 Å². The second-order valence-electron chi connectivity index (χ2n) is 5.43. The van der Waals surface area contributed by atoms with E-state index in [2.05, 4.69) is 26.2 Å². The summed E-state index contributed by atoms with van der Waals surface area (Å²) in [4.78, 5) is 28.7. The highest BCUT2D eigenvalue weighted by Crippen LogP contribution is 2.17. The molecule has 8 heteroatoms. The van der Waals surface area contributed by atoms with Gasteiger partial charge in [0.1, 0.15) is 11.4 Å². The van der Waals surface area contributed by atoms with Crippen LogP contribution in [0.5, 0.6) is 5.75 Å². The highest BCUT2D eigenvalue weighted by Gasteiger charge is 2.07. The zero-order valence-corrected chi connectivity index (χ0v) is 16.3. The predicted octanol–water partition coefficient (Wildman–Crippen LogP) is 3.34. The number of thioether (sulfide) groups is 1. The fraction of sp³-hybridized carbons (Fsp3) is 0.167. The first-order valence-electron chi connectivity index (χ1n) is 7.74. The van der Waals surface area contributed by atoms with Crippen molar-refractivity contribution in [2.45, 2.75) is 5.75 Å². The SMILES string of the molecule is COc1cccc(NC(=O)CSCc2cc(=O)n3cc(Br)ccc3n2)c1. The summed E-state index contributed by atoms with van der Waals surface area (Å²) in [7, 11) is 1.58. The van der Waals surface area contributed by atoms with Crippen LogP contribution in [0, 0.1) is 0 Å². The molecule has 0 aliphatic heterocycles. The number of fused-ring (bicyclic) bond motifs is 1. The highest BCUT2D eigenvalue weighted by molar-refractivity contribution is 9.10. The molecule has 0 bridgehead atoms. The Morgan fingerprint density at radius 3 is 2.96 bits per heavy atom. The maximum Gasteiger partial charge on any atom is 0.258 e. The zero-order chi connectivity index (χ0) is 18.5. The summed E-state index contributed by atoms with van der Waals surface area (Å²) in [6, 6.07) is 12.3. The lowest BCUT2D eigenvalue weighted by atomic mass is 10.3. The molecular formula is C18H16BrN3O3S. The molecule has 0 spiro atoms. The molecule has 3 rings (SSSR count). The highest BCUT2D eigenvalue weighted by atomic mass is 79.9. The zero-order valence-electron chi connectivity index (χ0n) is 13.9. The predicted molar refractivity (Wildman–Crippen MR) is 107 cm³/mol. The molecule has 0 aliphatic carbocycles. The molecule has 26 heavy (non-hydrogen) atoms. The molecule has 2 aromatic heterocycles. The molecule has 0 saturated carbocycles. The minimum absolute atomic E-state index is 0.121. The molecule has 1 N–H and O–H groups in total. The maximum atomic E-state index is 12.2. The Balaban J connectivity index is 1.59. The molecule has 1 aromatic carbocycles. The van der Waals surface area contributed by atoms with Crippen molar-refractivity contribution in [2.75, 3.05) is 18.2 Å². The largest absolute Gasteiger partial charge is 0.497 e. The Labute approximate surface area is 162 Å². The van der Waals surface area contributed by atoms with Gasteiger partial charge < -0.3 is 10.1 Å². The topological polar surface area (TPSA) is 72.7 Å². The third kappa shape index (κ3) is 4.64. The van der Waals surface area contributed by atoms with Gasteiger partial charge in [-0.25, -0.2) is 4.98 Å². The number of carbonyl (C=O) groups is 1. The summed E-state index contributed by atoms with van der Waals surface area (Å²) < 4.78 is 7.42. The summed E-state index contributed by atoms with van der Waals surface area (Å²) in [6.45, 7) is 0. The van der Waals surface area contributed by atoms with Crippen LogP contribution in [-0.2, 0) is 10.5 Å².